The molecule has 0 N–H and O–H groups in total. The predicted molar refractivity (Wildman–Crippen MR) is 71.7 cm³/mol. The van der Waals surface area contributed by atoms with Gasteiger partial charge in [-0.1, -0.05) is 0 Å². The number of rotatable bonds is 3. The van der Waals surface area contributed by atoms with Crippen molar-refractivity contribution in [1.82, 2.24) is 9.88 Å². The standard InChI is InChI=1S/C13H19N3O4/c1-4-19-12(18)11-9(2)14-13(20-11)16-7-5-15(6-8-16)10(3)17/h4-8H2,1-3H3. The number of nitrogens with zero attached hydrogens (tertiary/aromatic N) is 3. The van der Waals surface area contributed by atoms with E-state index < -0.39 is 5.97 Å². The molecule has 1 saturated heterocycles. The van der Waals surface area contributed by atoms with Gasteiger partial charge in [-0.05, 0) is 13.8 Å². The summed E-state index contributed by atoms with van der Waals surface area (Å²) >= 11 is 0. The molecule has 110 valence electrons. The van der Waals surface area contributed by atoms with Gasteiger partial charge in [0.2, 0.25) is 11.7 Å². The predicted octanol–water partition coefficient (Wildman–Crippen LogP) is 0.828. The van der Waals surface area contributed by atoms with Crippen molar-refractivity contribution in [2.24, 2.45) is 0 Å². The largest absolute Gasteiger partial charge is 0.460 e. The molecule has 0 bridgehead atoms. The molecule has 0 spiro atoms. The summed E-state index contributed by atoms with van der Waals surface area (Å²) in [5.74, 6) is -0.276. The van der Waals surface area contributed by atoms with Gasteiger partial charge in [-0.3, -0.25) is 4.79 Å². The van der Waals surface area contributed by atoms with Crippen molar-refractivity contribution < 1.29 is 18.7 Å². The van der Waals surface area contributed by atoms with Gasteiger partial charge in [0.15, 0.2) is 0 Å². The monoisotopic (exact) mass is 281 g/mol. The lowest BCUT2D eigenvalue weighted by molar-refractivity contribution is -0.129. The van der Waals surface area contributed by atoms with Gasteiger partial charge >= 0.3 is 5.97 Å². The molecule has 0 aromatic carbocycles. The zero-order valence-corrected chi connectivity index (χ0v) is 12.0. The van der Waals surface area contributed by atoms with Crippen LogP contribution in [0.4, 0.5) is 6.01 Å². The summed E-state index contributed by atoms with van der Waals surface area (Å²) in [7, 11) is 0. The van der Waals surface area contributed by atoms with Gasteiger partial charge in [-0.25, -0.2) is 4.79 Å². The molecule has 1 aliphatic rings. The molecule has 1 aromatic rings. The van der Waals surface area contributed by atoms with Gasteiger partial charge in [0.25, 0.3) is 6.01 Å². The number of hydrogen-bond acceptors (Lipinski definition) is 6. The zero-order valence-electron chi connectivity index (χ0n) is 12.0. The van der Waals surface area contributed by atoms with Crippen LogP contribution in [0.1, 0.15) is 30.1 Å². The van der Waals surface area contributed by atoms with Gasteiger partial charge in [0, 0.05) is 33.1 Å². The summed E-state index contributed by atoms with van der Waals surface area (Å²) in [5.41, 5.74) is 0.521. The first-order chi connectivity index (χ1) is 9.52. The maximum absolute atomic E-state index is 11.7. The first-order valence-corrected chi connectivity index (χ1v) is 6.68. The van der Waals surface area contributed by atoms with Gasteiger partial charge in [-0.2, -0.15) is 4.98 Å². The van der Waals surface area contributed by atoms with Crippen LogP contribution in [0.5, 0.6) is 0 Å². The molecule has 1 fully saturated rings. The minimum Gasteiger partial charge on any atom is -0.460 e. The number of ether oxygens (including phenoxy) is 1. The van der Waals surface area contributed by atoms with Crippen LogP contribution in [-0.2, 0) is 9.53 Å². The SMILES string of the molecule is CCOC(=O)c1oc(N2CCN(C(C)=O)CC2)nc1C. The van der Waals surface area contributed by atoms with E-state index in [1.165, 1.54) is 0 Å². The van der Waals surface area contributed by atoms with E-state index in [1.807, 2.05) is 4.90 Å². The molecule has 2 rings (SSSR count). The molecule has 7 heteroatoms. The molecule has 7 nitrogen and oxygen atoms in total. The molecule has 20 heavy (non-hydrogen) atoms. The number of aromatic nitrogens is 1. The van der Waals surface area contributed by atoms with Crippen molar-refractivity contribution in [3.63, 3.8) is 0 Å². The number of amides is 1. The fourth-order valence-corrected chi connectivity index (χ4v) is 2.12. The van der Waals surface area contributed by atoms with E-state index in [2.05, 4.69) is 4.98 Å². The fraction of sp³-hybridized carbons (Fsp3) is 0.615. The highest BCUT2D eigenvalue weighted by Crippen LogP contribution is 2.20. The van der Waals surface area contributed by atoms with E-state index in [0.717, 1.165) is 0 Å². The Morgan fingerprint density at radius 3 is 2.50 bits per heavy atom. The summed E-state index contributed by atoms with van der Waals surface area (Å²) in [6.07, 6.45) is 0. The van der Waals surface area contributed by atoms with Gasteiger partial charge in [-0.15, -0.1) is 0 Å². The van der Waals surface area contributed by atoms with Crippen molar-refractivity contribution in [1.29, 1.82) is 0 Å². The Bertz CT molecular complexity index is 504. The van der Waals surface area contributed by atoms with Crippen LogP contribution in [0.15, 0.2) is 4.42 Å². The Hall–Kier alpha value is -2.05. The Morgan fingerprint density at radius 2 is 1.95 bits per heavy atom. The first-order valence-electron chi connectivity index (χ1n) is 6.68. The van der Waals surface area contributed by atoms with Crippen LogP contribution in [0, 0.1) is 6.92 Å². The van der Waals surface area contributed by atoms with Crippen LogP contribution < -0.4 is 4.90 Å². The van der Waals surface area contributed by atoms with Gasteiger partial charge in [0.05, 0.1) is 12.3 Å². The van der Waals surface area contributed by atoms with Gasteiger partial charge in [0.1, 0.15) is 0 Å². The first kappa shape index (κ1) is 14.4. The third-order valence-corrected chi connectivity index (χ3v) is 3.24. The van der Waals surface area contributed by atoms with E-state index in [9.17, 15) is 9.59 Å². The fourth-order valence-electron chi connectivity index (χ4n) is 2.12. The maximum atomic E-state index is 11.7. The van der Waals surface area contributed by atoms with Crippen molar-refractivity contribution in [2.75, 3.05) is 37.7 Å². The molecule has 1 aromatic heterocycles. The van der Waals surface area contributed by atoms with E-state index in [4.69, 9.17) is 9.15 Å². The molecule has 0 unspecified atom stereocenters. The maximum Gasteiger partial charge on any atom is 0.376 e. The Balaban J connectivity index is 2.06. The van der Waals surface area contributed by atoms with Crippen LogP contribution in [-0.4, -0.2) is 54.5 Å². The average molecular weight is 281 g/mol. The number of carbonyl (C=O) groups is 2. The lowest BCUT2D eigenvalue weighted by Crippen LogP contribution is -2.48. The van der Waals surface area contributed by atoms with Crippen molar-refractivity contribution in [2.45, 2.75) is 20.8 Å². The summed E-state index contributed by atoms with van der Waals surface area (Å²) in [6, 6.07) is 0.411. The van der Waals surface area contributed by atoms with Gasteiger partial charge < -0.3 is 19.0 Å². The quantitative estimate of drug-likeness (QED) is 0.764. The van der Waals surface area contributed by atoms with Crippen LogP contribution in [0.25, 0.3) is 0 Å². The number of carbonyl (C=O) groups excluding carboxylic acids is 2. The zero-order chi connectivity index (χ0) is 14.7. The normalized spacial score (nSPS) is 15.3. The minimum absolute atomic E-state index is 0.0699. The smallest absolute Gasteiger partial charge is 0.376 e. The molecule has 1 amide bonds. The number of hydrogen-bond donors (Lipinski definition) is 0. The summed E-state index contributed by atoms with van der Waals surface area (Å²) < 4.78 is 10.4. The molecule has 0 atom stereocenters. The number of esters is 1. The third-order valence-electron chi connectivity index (χ3n) is 3.24. The second-order valence-corrected chi connectivity index (χ2v) is 4.62. The van der Waals surface area contributed by atoms with E-state index in [1.54, 1.807) is 25.7 Å². The number of oxazole rings is 1. The number of aryl methyl sites for hydroxylation is 1. The van der Waals surface area contributed by atoms with E-state index in [-0.39, 0.29) is 11.7 Å². The second kappa shape index (κ2) is 5.94. The lowest BCUT2D eigenvalue weighted by Gasteiger charge is -2.33. The van der Waals surface area contributed by atoms with Crippen LogP contribution in [0.3, 0.4) is 0 Å². The number of anilines is 1. The summed E-state index contributed by atoms with van der Waals surface area (Å²) in [5, 5.41) is 0. The highest BCUT2D eigenvalue weighted by Gasteiger charge is 2.25. The molecule has 1 aliphatic heterocycles. The molecule has 2 heterocycles. The highest BCUT2D eigenvalue weighted by atomic mass is 16.5. The number of piperazine rings is 1. The molecule has 0 aliphatic carbocycles. The van der Waals surface area contributed by atoms with E-state index in [0.29, 0.717) is 44.5 Å². The second-order valence-electron chi connectivity index (χ2n) is 4.62. The van der Waals surface area contributed by atoms with Crippen molar-refractivity contribution in [3.8, 4) is 0 Å². The topological polar surface area (TPSA) is 75.9 Å². The average Bonchev–Trinajstić information content (AvgIpc) is 2.81. The van der Waals surface area contributed by atoms with Crippen molar-refractivity contribution in [3.05, 3.63) is 11.5 Å². The highest BCUT2D eigenvalue weighted by molar-refractivity contribution is 5.87. The lowest BCUT2D eigenvalue weighted by atomic mass is 10.3. The molecular weight excluding hydrogens is 262 g/mol. The molecule has 0 saturated carbocycles. The van der Waals surface area contributed by atoms with Crippen LogP contribution in [0.2, 0.25) is 0 Å². The van der Waals surface area contributed by atoms with Crippen molar-refractivity contribution >= 4 is 17.9 Å². The summed E-state index contributed by atoms with van der Waals surface area (Å²) in [4.78, 5) is 30.9. The Labute approximate surface area is 117 Å². The molecular formula is C13H19N3O4. The third kappa shape index (κ3) is 2.92. The molecule has 0 radical (unpaired) electrons. The Morgan fingerprint density at radius 1 is 1.30 bits per heavy atom. The van der Waals surface area contributed by atoms with E-state index >= 15 is 0 Å². The Kier molecular flexibility index (Phi) is 4.26. The summed E-state index contributed by atoms with van der Waals surface area (Å²) in [6.45, 7) is 7.85. The minimum atomic E-state index is -0.494. The van der Waals surface area contributed by atoms with Crippen LogP contribution >= 0.6 is 0 Å².